The summed E-state index contributed by atoms with van der Waals surface area (Å²) in [6.45, 7) is 0. The third-order valence-electron chi connectivity index (χ3n) is 3.31. The van der Waals surface area contributed by atoms with E-state index < -0.39 is 11.6 Å². The summed E-state index contributed by atoms with van der Waals surface area (Å²) in [5.41, 5.74) is -0.525. The molecule has 4 heteroatoms. The Morgan fingerprint density at radius 3 is 2.24 bits per heavy atom. The van der Waals surface area contributed by atoms with Crippen LogP contribution in [0.1, 0.15) is 18.4 Å². The average Bonchev–Trinajstić information content (AvgIpc) is 3.16. The lowest BCUT2D eigenvalue weighted by Crippen LogP contribution is -2.40. The Kier molecular flexibility index (Phi) is 3.07. The first kappa shape index (κ1) is 11.9. The van der Waals surface area contributed by atoms with Gasteiger partial charge in [-0.1, -0.05) is 12.1 Å². The number of carboxylic acids is 1. The normalized spacial score (nSPS) is 18.5. The van der Waals surface area contributed by atoms with Crippen molar-refractivity contribution < 1.29 is 19.4 Å². The van der Waals surface area contributed by atoms with Crippen LogP contribution in [0.5, 0.6) is 5.75 Å². The van der Waals surface area contributed by atoms with Crippen molar-refractivity contribution in [3.8, 4) is 5.75 Å². The average molecular weight is 236 g/mol. The summed E-state index contributed by atoms with van der Waals surface area (Å²) in [5, 5.41) is 9.46. The van der Waals surface area contributed by atoms with Crippen LogP contribution in [-0.2, 0) is 15.1 Å². The fourth-order valence-electron chi connectivity index (χ4n) is 2.23. The van der Waals surface area contributed by atoms with Gasteiger partial charge in [-0.25, -0.2) is 4.79 Å². The Morgan fingerprint density at radius 1 is 1.29 bits per heavy atom. The van der Waals surface area contributed by atoms with Crippen LogP contribution in [0.4, 0.5) is 0 Å². The van der Waals surface area contributed by atoms with Gasteiger partial charge in [-0.05, 0) is 30.5 Å². The first-order chi connectivity index (χ1) is 8.15. The number of ether oxygens (including phenoxy) is 2. The van der Waals surface area contributed by atoms with Crippen molar-refractivity contribution in [2.24, 2.45) is 5.92 Å². The molecule has 2 rings (SSSR count). The molecule has 0 radical (unpaired) electrons. The van der Waals surface area contributed by atoms with Crippen LogP contribution in [0, 0.1) is 5.92 Å². The summed E-state index contributed by atoms with van der Waals surface area (Å²) in [6.07, 6.45) is 1.79. The maximum absolute atomic E-state index is 11.5. The Bertz CT molecular complexity index is 408. The number of benzene rings is 1. The highest BCUT2D eigenvalue weighted by atomic mass is 16.5. The van der Waals surface area contributed by atoms with Crippen LogP contribution in [-0.4, -0.2) is 25.3 Å². The number of hydrogen-bond acceptors (Lipinski definition) is 3. The van der Waals surface area contributed by atoms with E-state index in [9.17, 15) is 9.90 Å². The van der Waals surface area contributed by atoms with Crippen LogP contribution in [0.15, 0.2) is 24.3 Å². The zero-order valence-electron chi connectivity index (χ0n) is 9.97. The van der Waals surface area contributed by atoms with E-state index in [0.29, 0.717) is 11.3 Å². The fraction of sp³-hybridized carbons (Fsp3) is 0.462. The second kappa shape index (κ2) is 4.37. The van der Waals surface area contributed by atoms with E-state index in [1.807, 2.05) is 0 Å². The number of carboxylic acid groups (broad SMARTS) is 1. The van der Waals surface area contributed by atoms with Gasteiger partial charge in [-0.3, -0.25) is 0 Å². The highest BCUT2D eigenvalue weighted by Crippen LogP contribution is 2.48. The number of hydrogen-bond donors (Lipinski definition) is 1. The van der Waals surface area contributed by atoms with Gasteiger partial charge < -0.3 is 14.6 Å². The SMILES string of the molecule is COc1ccc(C(OC)(C(=O)O)C2CC2)cc1. The molecule has 0 spiro atoms. The van der Waals surface area contributed by atoms with Gasteiger partial charge in [0.2, 0.25) is 0 Å². The minimum atomic E-state index is -1.20. The lowest BCUT2D eigenvalue weighted by atomic mass is 9.88. The molecule has 0 heterocycles. The molecule has 0 saturated heterocycles. The van der Waals surface area contributed by atoms with Gasteiger partial charge in [0.05, 0.1) is 7.11 Å². The molecular weight excluding hydrogens is 220 g/mol. The zero-order chi connectivity index (χ0) is 12.5. The van der Waals surface area contributed by atoms with E-state index >= 15 is 0 Å². The van der Waals surface area contributed by atoms with Gasteiger partial charge >= 0.3 is 5.97 Å². The second-order valence-corrected chi connectivity index (χ2v) is 4.25. The van der Waals surface area contributed by atoms with E-state index in [1.54, 1.807) is 31.4 Å². The molecular formula is C13H16O4. The van der Waals surface area contributed by atoms with Crippen molar-refractivity contribution in [2.75, 3.05) is 14.2 Å². The first-order valence-corrected chi connectivity index (χ1v) is 5.58. The van der Waals surface area contributed by atoms with Crippen molar-refractivity contribution in [1.29, 1.82) is 0 Å². The molecule has 0 bridgehead atoms. The lowest BCUT2D eigenvalue weighted by Gasteiger charge is -2.28. The minimum absolute atomic E-state index is 0.0680. The molecule has 0 aromatic heterocycles. The first-order valence-electron chi connectivity index (χ1n) is 5.58. The predicted octanol–water partition coefficient (Wildman–Crippen LogP) is 2.03. The van der Waals surface area contributed by atoms with Crippen LogP contribution in [0.3, 0.4) is 0 Å². The molecule has 4 nitrogen and oxygen atoms in total. The highest BCUT2D eigenvalue weighted by Gasteiger charge is 2.53. The standard InChI is InChI=1S/C13H16O4/c1-16-11-7-5-10(6-8-11)13(17-2,12(14)15)9-3-4-9/h5-9H,3-4H2,1-2H3,(H,14,15). The third-order valence-corrected chi connectivity index (χ3v) is 3.31. The fourth-order valence-corrected chi connectivity index (χ4v) is 2.23. The van der Waals surface area contributed by atoms with Crippen molar-refractivity contribution >= 4 is 5.97 Å². The minimum Gasteiger partial charge on any atom is -0.497 e. The quantitative estimate of drug-likeness (QED) is 0.849. The Hall–Kier alpha value is -1.55. The monoisotopic (exact) mass is 236 g/mol. The zero-order valence-corrected chi connectivity index (χ0v) is 9.97. The predicted molar refractivity (Wildman–Crippen MR) is 62.0 cm³/mol. The van der Waals surface area contributed by atoms with Gasteiger partial charge in [-0.15, -0.1) is 0 Å². The van der Waals surface area contributed by atoms with Crippen molar-refractivity contribution in [3.63, 3.8) is 0 Å². The van der Waals surface area contributed by atoms with Crippen LogP contribution in [0.25, 0.3) is 0 Å². The summed E-state index contributed by atoms with van der Waals surface area (Å²) in [4.78, 5) is 11.5. The maximum atomic E-state index is 11.5. The molecule has 17 heavy (non-hydrogen) atoms. The van der Waals surface area contributed by atoms with Crippen molar-refractivity contribution in [1.82, 2.24) is 0 Å². The van der Waals surface area contributed by atoms with E-state index in [-0.39, 0.29) is 5.92 Å². The largest absolute Gasteiger partial charge is 0.497 e. The summed E-state index contributed by atoms with van der Waals surface area (Å²) in [5.74, 6) is -0.147. The van der Waals surface area contributed by atoms with Crippen LogP contribution in [0.2, 0.25) is 0 Å². The molecule has 1 fully saturated rings. The van der Waals surface area contributed by atoms with Crippen LogP contribution >= 0.6 is 0 Å². The molecule has 0 amide bonds. The topological polar surface area (TPSA) is 55.8 Å². The molecule has 1 aromatic rings. The molecule has 1 aliphatic rings. The second-order valence-electron chi connectivity index (χ2n) is 4.25. The molecule has 1 atom stereocenters. The van der Waals surface area contributed by atoms with Gasteiger partial charge in [0.25, 0.3) is 0 Å². The highest BCUT2D eigenvalue weighted by molar-refractivity contribution is 5.80. The number of aliphatic carboxylic acids is 1. The van der Waals surface area contributed by atoms with Crippen molar-refractivity contribution in [2.45, 2.75) is 18.4 Å². The van der Waals surface area contributed by atoms with E-state index in [2.05, 4.69) is 0 Å². The van der Waals surface area contributed by atoms with Gasteiger partial charge in [0.1, 0.15) is 5.75 Å². The Labute approximate surface area is 100 Å². The Balaban J connectivity index is 2.40. The smallest absolute Gasteiger partial charge is 0.340 e. The lowest BCUT2D eigenvalue weighted by molar-refractivity contribution is -0.167. The molecule has 1 saturated carbocycles. The summed E-state index contributed by atoms with van der Waals surface area (Å²) in [6, 6.07) is 7.03. The summed E-state index contributed by atoms with van der Waals surface area (Å²) < 4.78 is 10.4. The van der Waals surface area contributed by atoms with Gasteiger partial charge in [0.15, 0.2) is 5.60 Å². The number of methoxy groups -OCH3 is 2. The van der Waals surface area contributed by atoms with Gasteiger partial charge in [0, 0.05) is 13.0 Å². The molecule has 1 aliphatic carbocycles. The molecule has 1 N–H and O–H groups in total. The summed E-state index contributed by atoms with van der Waals surface area (Å²) >= 11 is 0. The van der Waals surface area contributed by atoms with E-state index in [4.69, 9.17) is 9.47 Å². The molecule has 1 unspecified atom stereocenters. The summed E-state index contributed by atoms with van der Waals surface area (Å²) in [7, 11) is 3.04. The third kappa shape index (κ3) is 1.89. The van der Waals surface area contributed by atoms with Gasteiger partial charge in [-0.2, -0.15) is 0 Å². The van der Waals surface area contributed by atoms with E-state index in [1.165, 1.54) is 7.11 Å². The molecule has 0 aliphatic heterocycles. The number of carbonyl (C=O) groups is 1. The Morgan fingerprint density at radius 2 is 1.88 bits per heavy atom. The van der Waals surface area contributed by atoms with Crippen molar-refractivity contribution in [3.05, 3.63) is 29.8 Å². The number of rotatable bonds is 5. The van der Waals surface area contributed by atoms with Crippen LogP contribution < -0.4 is 4.74 Å². The molecule has 92 valence electrons. The maximum Gasteiger partial charge on any atom is 0.340 e. The molecule has 1 aromatic carbocycles. The van der Waals surface area contributed by atoms with E-state index in [0.717, 1.165) is 12.8 Å².